The number of thioether (sulfide) groups is 2. The minimum absolute atomic E-state index is 0.00520. The first-order valence-electron chi connectivity index (χ1n) is 6.56. The maximum absolute atomic E-state index is 12.2. The van der Waals surface area contributed by atoms with Gasteiger partial charge in [-0.3, -0.25) is 15.4 Å². The molecule has 2 aliphatic heterocycles. The van der Waals surface area contributed by atoms with Crippen molar-refractivity contribution in [1.29, 1.82) is 0 Å². The van der Waals surface area contributed by atoms with Gasteiger partial charge in [-0.15, -0.1) is 22.0 Å². The lowest BCUT2D eigenvalue weighted by Gasteiger charge is -2.54. The van der Waals surface area contributed by atoms with Gasteiger partial charge in [-0.2, -0.15) is 0 Å². The van der Waals surface area contributed by atoms with Gasteiger partial charge in [0.05, 0.1) is 0 Å². The number of β-lactam (4-membered cyclic amide) rings is 1. The molecule has 1 amide bonds. The standard InChI is InChI=1S/C12H14N4O4S3/c1-5-14-15-11(23-5)22-4-6-3-21-10-12(13,20-2)9(19)16(10)7(6)8(17)18/h10H,3-4,13H2,1-2H3,(H,17,18)/t10?,12-/m1/s1. The molecule has 1 aromatic rings. The van der Waals surface area contributed by atoms with Gasteiger partial charge in [-0.25, -0.2) is 4.79 Å². The van der Waals surface area contributed by atoms with Crippen LogP contribution in [0.15, 0.2) is 15.6 Å². The van der Waals surface area contributed by atoms with Crippen LogP contribution in [0.4, 0.5) is 0 Å². The van der Waals surface area contributed by atoms with Crippen LogP contribution in [-0.2, 0) is 14.3 Å². The van der Waals surface area contributed by atoms with E-state index in [2.05, 4.69) is 10.2 Å². The zero-order valence-corrected chi connectivity index (χ0v) is 14.8. The summed E-state index contributed by atoms with van der Waals surface area (Å²) < 4.78 is 5.85. The highest BCUT2D eigenvalue weighted by Crippen LogP contribution is 2.46. The van der Waals surface area contributed by atoms with Crippen molar-refractivity contribution in [2.24, 2.45) is 5.73 Å². The number of hydrogen-bond acceptors (Lipinski definition) is 9. The van der Waals surface area contributed by atoms with Gasteiger partial charge in [-0.05, 0) is 12.5 Å². The lowest BCUT2D eigenvalue weighted by atomic mass is 10.00. The number of nitrogens with two attached hydrogens (primary N) is 1. The summed E-state index contributed by atoms with van der Waals surface area (Å²) in [6.07, 6.45) is 0. The summed E-state index contributed by atoms with van der Waals surface area (Å²) in [7, 11) is 1.35. The van der Waals surface area contributed by atoms with Gasteiger partial charge in [0.25, 0.3) is 5.91 Å². The van der Waals surface area contributed by atoms with Crippen molar-refractivity contribution in [3.05, 3.63) is 16.3 Å². The summed E-state index contributed by atoms with van der Waals surface area (Å²) >= 11 is 4.27. The predicted molar refractivity (Wildman–Crippen MR) is 87.1 cm³/mol. The second-order valence-corrected chi connectivity index (χ2v) is 8.44. The number of aryl methyl sites for hydroxylation is 1. The number of carbonyl (C=O) groups is 2. The Kier molecular flexibility index (Phi) is 4.40. The fraction of sp³-hybridized carbons (Fsp3) is 0.500. The molecular formula is C12H14N4O4S3. The molecule has 2 aliphatic rings. The van der Waals surface area contributed by atoms with Crippen molar-refractivity contribution in [3.63, 3.8) is 0 Å². The number of nitrogens with zero attached hydrogens (tertiary/aromatic N) is 3. The molecule has 0 bridgehead atoms. The number of fused-ring (bicyclic) bond motifs is 1. The van der Waals surface area contributed by atoms with Crippen molar-refractivity contribution in [2.75, 3.05) is 18.6 Å². The zero-order chi connectivity index (χ0) is 16.8. The van der Waals surface area contributed by atoms with Crippen LogP contribution in [0.2, 0.25) is 0 Å². The summed E-state index contributed by atoms with van der Waals surface area (Å²) in [5.41, 5.74) is 5.13. The molecule has 3 N–H and O–H groups in total. The fourth-order valence-corrected chi connectivity index (χ4v) is 5.75. The lowest BCUT2D eigenvalue weighted by molar-refractivity contribution is -0.182. The Balaban J connectivity index is 1.83. The second-order valence-electron chi connectivity index (χ2n) is 4.97. The SMILES string of the molecule is CO[C@]1(N)C(=O)N2C(C(=O)O)=C(CSc3nnc(C)s3)CSC21. The van der Waals surface area contributed by atoms with Gasteiger partial charge >= 0.3 is 5.97 Å². The normalized spacial score (nSPS) is 27.0. The predicted octanol–water partition coefficient (Wildman–Crippen LogP) is 0.494. The monoisotopic (exact) mass is 374 g/mol. The molecule has 1 fully saturated rings. The molecule has 1 unspecified atom stereocenters. The van der Waals surface area contributed by atoms with E-state index in [0.29, 0.717) is 17.1 Å². The molecule has 2 atom stereocenters. The van der Waals surface area contributed by atoms with E-state index in [1.165, 1.54) is 46.9 Å². The number of carboxylic acids is 1. The van der Waals surface area contributed by atoms with Crippen molar-refractivity contribution >= 4 is 46.7 Å². The number of methoxy groups -OCH3 is 1. The molecule has 0 aromatic carbocycles. The average Bonchev–Trinajstić information content (AvgIpc) is 2.95. The largest absolute Gasteiger partial charge is 0.477 e. The van der Waals surface area contributed by atoms with Gasteiger partial charge in [0.15, 0.2) is 4.34 Å². The third kappa shape index (κ3) is 2.66. The summed E-state index contributed by atoms with van der Waals surface area (Å²) in [5.74, 6) is -0.747. The maximum atomic E-state index is 12.2. The highest BCUT2D eigenvalue weighted by atomic mass is 32.2. The first-order chi connectivity index (χ1) is 10.9. The number of hydrogen-bond donors (Lipinski definition) is 2. The van der Waals surface area contributed by atoms with Crippen LogP contribution < -0.4 is 5.73 Å². The molecule has 8 nitrogen and oxygen atoms in total. The smallest absolute Gasteiger partial charge is 0.352 e. The van der Waals surface area contributed by atoms with E-state index in [0.717, 1.165) is 9.35 Å². The molecule has 124 valence electrons. The van der Waals surface area contributed by atoms with E-state index in [1.54, 1.807) is 0 Å². The van der Waals surface area contributed by atoms with Crippen LogP contribution >= 0.6 is 34.9 Å². The second kappa shape index (κ2) is 6.06. The van der Waals surface area contributed by atoms with E-state index in [9.17, 15) is 14.7 Å². The van der Waals surface area contributed by atoms with Crippen LogP contribution in [0.1, 0.15) is 5.01 Å². The molecule has 0 aliphatic carbocycles. The van der Waals surface area contributed by atoms with Gasteiger partial charge in [0.2, 0.25) is 5.72 Å². The first-order valence-corrected chi connectivity index (χ1v) is 9.41. The molecule has 0 spiro atoms. The highest BCUT2D eigenvalue weighted by molar-refractivity contribution is 8.01. The number of amides is 1. The number of aliphatic carboxylic acids is 1. The molecule has 1 aromatic heterocycles. The number of aromatic nitrogens is 2. The Morgan fingerprint density at radius 2 is 2.35 bits per heavy atom. The quantitative estimate of drug-likeness (QED) is 0.431. The van der Waals surface area contributed by atoms with E-state index < -0.39 is 23.0 Å². The van der Waals surface area contributed by atoms with E-state index in [4.69, 9.17) is 10.5 Å². The van der Waals surface area contributed by atoms with Crippen molar-refractivity contribution in [1.82, 2.24) is 15.1 Å². The van der Waals surface area contributed by atoms with Gasteiger partial charge in [0, 0.05) is 18.6 Å². The fourth-order valence-electron chi connectivity index (χ4n) is 2.40. The van der Waals surface area contributed by atoms with Crippen LogP contribution in [0, 0.1) is 6.92 Å². The third-order valence-electron chi connectivity index (χ3n) is 3.56. The van der Waals surface area contributed by atoms with E-state index in [1.807, 2.05) is 6.92 Å². The molecule has 0 saturated carbocycles. The molecule has 3 heterocycles. The summed E-state index contributed by atoms with van der Waals surface area (Å²) in [4.78, 5) is 25.1. The van der Waals surface area contributed by atoms with Crippen molar-refractivity contribution < 1.29 is 19.4 Å². The highest BCUT2D eigenvalue weighted by Gasteiger charge is 2.63. The van der Waals surface area contributed by atoms with Crippen LogP contribution in [-0.4, -0.2) is 61.8 Å². The zero-order valence-electron chi connectivity index (χ0n) is 12.3. The summed E-state index contributed by atoms with van der Waals surface area (Å²) in [5, 5.41) is 17.8. The number of carbonyl (C=O) groups excluding carboxylic acids is 1. The van der Waals surface area contributed by atoms with Gasteiger partial charge in [-0.1, -0.05) is 23.1 Å². The average molecular weight is 374 g/mol. The van der Waals surface area contributed by atoms with E-state index >= 15 is 0 Å². The molecular weight excluding hydrogens is 360 g/mol. The van der Waals surface area contributed by atoms with Crippen molar-refractivity contribution in [2.45, 2.75) is 22.4 Å². The Hall–Kier alpha value is -1.14. The van der Waals surface area contributed by atoms with Crippen LogP contribution in [0.5, 0.6) is 0 Å². The maximum Gasteiger partial charge on any atom is 0.352 e. The summed E-state index contributed by atoms with van der Waals surface area (Å²) in [6.45, 7) is 1.86. The molecule has 0 radical (unpaired) electrons. The Labute approximate surface area is 144 Å². The molecule has 11 heteroatoms. The van der Waals surface area contributed by atoms with E-state index in [-0.39, 0.29) is 5.70 Å². The number of carboxylic acid groups (broad SMARTS) is 1. The molecule has 3 rings (SSSR count). The van der Waals surface area contributed by atoms with Gasteiger partial charge < -0.3 is 9.84 Å². The van der Waals surface area contributed by atoms with Crippen LogP contribution in [0.3, 0.4) is 0 Å². The minimum Gasteiger partial charge on any atom is -0.477 e. The Morgan fingerprint density at radius 3 is 2.91 bits per heavy atom. The summed E-state index contributed by atoms with van der Waals surface area (Å²) in [6, 6.07) is 0. The number of rotatable bonds is 5. The van der Waals surface area contributed by atoms with Gasteiger partial charge in [0.1, 0.15) is 16.1 Å². The lowest BCUT2D eigenvalue weighted by Crippen LogP contribution is -2.78. The first kappa shape index (κ1) is 16.7. The Morgan fingerprint density at radius 1 is 1.61 bits per heavy atom. The molecule has 1 saturated heterocycles. The number of ether oxygens (including phenoxy) is 1. The molecule has 23 heavy (non-hydrogen) atoms. The topological polar surface area (TPSA) is 119 Å². The Bertz CT molecular complexity index is 706. The minimum atomic E-state index is -1.44. The van der Waals surface area contributed by atoms with Crippen LogP contribution in [0.25, 0.3) is 0 Å². The van der Waals surface area contributed by atoms with Crippen molar-refractivity contribution in [3.8, 4) is 0 Å². The third-order valence-corrected chi connectivity index (χ3v) is 7.01.